The number of ether oxygens (including phenoxy) is 1. The molecule has 1 amide bonds. The molecule has 0 aromatic heterocycles. The van der Waals surface area contributed by atoms with Crippen molar-refractivity contribution < 1.29 is 17.9 Å². The largest absolute Gasteiger partial charge is 0.444 e. The van der Waals surface area contributed by atoms with Crippen molar-refractivity contribution in [2.24, 2.45) is 0 Å². The van der Waals surface area contributed by atoms with E-state index < -0.39 is 21.5 Å². The Morgan fingerprint density at radius 2 is 1.76 bits per heavy atom. The number of nitrogen functional groups attached to an aromatic ring is 1. The van der Waals surface area contributed by atoms with Crippen molar-refractivity contribution in [2.45, 2.75) is 42.7 Å². The van der Waals surface area contributed by atoms with Gasteiger partial charge < -0.3 is 15.8 Å². The van der Waals surface area contributed by atoms with Gasteiger partial charge in [0.1, 0.15) is 5.60 Å². The number of nitrogens with two attached hydrogens (primary N) is 1. The van der Waals surface area contributed by atoms with E-state index in [9.17, 15) is 13.2 Å². The molecule has 0 aliphatic heterocycles. The Kier molecular flexibility index (Phi) is 5.37. The summed E-state index contributed by atoms with van der Waals surface area (Å²) in [6.07, 6.45) is -0.627. The molecule has 134 valence electrons. The summed E-state index contributed by atoms with van der Waals surface area (Å²) in [4.78, 5) is 12.1. The molecule has 0 radical (unpaired) electrons. The van der Waals surface area contributed by atoms with Gasteiger partial charge >= 0.3 is 6.09 Å². The first-order valence-corrected chi connectivity index (χ1v) is 9.23. The molecule has 7 heteroatoms. The quantitative estimate of drug-likeness (QED) is 0.814. The van der Waals surface area contributed by atoms with Crippen LogP contribution in [0.25, 0.3) is 0 Å². The zero-order valence-corrected chi connectivity index (χ0v) is 15.3. The maximum Gasteiger partial charge on any atom is 0.407 e. The lowest BCUT2D eigenvalue weighted by atomic mass is 10.2. The molecule has 0 spiro atoms. The van der Waals surface area contributed by atoms with E-state index in [0.29, 0.717) is 11.3 Å². The van der Waals surface area contributed by atoms with Crippen LogP contribution in [0.2, 0.25) is 0 Å². The molecule has 2 aromatic carbocycles. The lowest BCUT2D eigenvalue weighted by Crippen LogP contribution is -2.32. The number of nitrogens with one attached hydrogen (secondary N) is 1. The Morgan fingerprint density at radius 3 is 2.36 bits per heavy atom. The minimum absolute atomic E-state index is 0.0125. The SMILES string of the molecule is CC(C)(C)OC(=O)NCc1cc(N)ccc1S(=O)(=O)c1ccccc1. The predicted molar refractivity (Wildman–Crippen MR) is 95.8 cm³/mol. The summed E-state index contributed by atoms with van der Waals surface area (Å²) in [7, 11) is -3.72. The molecule has 2 rings (SSSR count). The first-order valence-electron chi connectivity index (χ1n) is 7.75. The van der Waals surface area contributed by atoms with Gasteiger partial charge in [-0.3, -0.25) is 0 Å². The summed E-state index contributed by atoms with van der Waals surface area (Å²) < 4.78 is 30.9. The van der Waals surface area contributed by atoms with E-state index >= 15 is 0 Å². The first kappa shape index (κ1) is 18.8. The molecule has 0 aliphatic rings. The Labute approximate surface area is 147 Å². The first-order chi connectivity index (χ1) is 11.6. The number of amides is 1. The van der Waals surface area contributed by atoms with Crippen molar-refractivity contribution in [1.82, 2.24) is 5.32 Å². The molecule has 2 aromatic rings. The van der Waals surface area contributed by atoms with Gasteiger partial charge in [-0.05, 0) is 56.7 Å². The zero-order valence-electron chi connectivity index (χ0n) is 14.4. The predicted octanol–water partition coefficient (Wildman–Crippen LogP) is 3.13. The van der Waals surface area contributed by atoms with Crippen LogP contribution in [-0.4, -0.2) is 20.1 Å². The van der Waals surface area contributed by atoms with E-state index in [1.54, 1.807) is 39.0 Å². The molecular weight excluding hydrogens is 340 g/mol. The third-order valence-corrected chi connectivity index (χ3v) is 5.12. The molecule has 0 unspecified atom stereocenters. The lowest BCUT2D eigenvalue weighted by molar-refractivity contribution is 0.0523. The summed E-state index contributed by atoms with van der Waals surface area (Å²) in [5, 5.41) is 2.57. The van der Waals surface area contributed by atoms with Crippen molar-refractivity contribution in [1.29, 1.82) is 0 Å². The third kappa shape index (κ3) is 4.96. The van der Waals surface area contributed by atoms with Crippen molar-refractivity contribution >= 4 is 21.6 Å². The number of sulfone groups is 1. The molecule has 0 aliphatic carbocycles. The highest BCUT2D eigenvalue weighted by molar-refractivity contribution is 7.91. The molecule has 3 N–H and O–H groups in total. The summed E-state index contributed by atoms with van der Waals surface area (Å²) in [5.41, 5.74) is 5.95. The van der Waals surface area contributed by atoms with Crippen LogP contribution in [0.1, 0.15) is 26.3 Å². The fourth-order valence-electron chi connectivity index (χ4n) is 2.21. The van der Waals surface area contributed by atoms with Crippen LogP contribution in [0.5, 0.6) is 0 Å². The second-order valence-corrected chi connectivity index (χ2v) is 8.46. The van der Waals surface area contributed by atoms with Crippen molar-refractivity contribution in [2.75, 3.05) is 5.73 Å². The van der Waals surface area contributed by atoms with Crippen molar-refractivity contribution in [3.63, 3.8) is 0 Å². The van der Waals surface area contributed by atoms with Gasteiger partial charge in [-0.15, -0.1) is 0 Å². The maximum absolute atomic E-state index is 12.9. The average molecular weight is 362 g/mol. The summed E-state index contributed by atoms with van der Waals surface area (Å²) >= 11 is 0. The monoisotopic (exact) mass is 362 g/mol. The Hall–Kier alpha value is -2.54. The van der Waals surface area contributed by atoms with E-state index in [1.165, 1.54) is 30.3 Å². The fourth-order valence-corrected chi connectivity index (χ4v) is 3.70. The number of benzene rings is 2. The molecule has 0 heterocycles. The van der Waals surface area contributed by atoms with E-state index in [2.05, 4.69) is 5.32 Å². The van der Waals surface area contributed by atoms with Crippen LogP contribution in [0.3, 0.4) is 0 Å². The Bertz CT molecular complexity index is 856. The lowest BCUT2D eigenvalue weighted by Gasteiger charge is -2.20. The number of anilines is 1. The number of carbonyl (C=O) groups excluding carboxylic acids is 1. The molecule has 0 saturated heterocycles. The number of alkyl carbamates (subject to hydrolysis) is 1. The summed E-state index contributed by atoms with van der Waals surface area (Å²) in [6, 6.07) is 12.6. The number of hydrogen-bond donors (Lipinski definition) is 2. The van der Waals surface area contributed by atoms with Gasteiger partial charge in [-0.25, -0.2) is 13.2 Å². The van der Waals surface area contributed by atoms with Crippen molar-refractivity contribution in [3.8, 4) is 0 Å². The molecular formula is C18H22N2O4S. The van der Waals surface area contributed by atoms with Crippen LogP contribution in [0.4, 0.5) is 10.5 Å². The molecule has 0 fully saturated rings. The van der Waals surface area contributed by atoms with E-state index in [1.807, 2.05) is 0 Å². The molecule has 6 nitrogen and oxygen atoms in total. The van der Waals surface area contributed by atoms with E-state index in [0.717, 1.165) is 0 Å². The Balaban J connectivity index is 2.31. The smallest absolute Gasteiger partial charge is 0.407 e. The standard InChI is InChI=1S/C18H22N2O4S/c1-18(2,3)24-17(21)20-12-13-11-14(19)9-10-16(13)25(22,23)15-7-5-4-6-8-15/h4-11H,12,19H2,1-3H3,(H,20,21). The fraction of sp³-hybridized carbons (Fsp3) is 0.278. The number of rotatable bonds is 4. The third-order valence-electron chi connectivity index (χ3n) is 3.25. The normalized spacial score (nSPS) is 11.8. The van der Waals surface area contributed by atoms with Gasteiger partial charge in [0.05, 0.1) is 9.79 Å². The zero-order chi connectivity index (χ0) is 18.7. The second-order valence-electron chi connectivity index (χ2n) is 6.54. The highest BCUT2D eigenvalue weighted by atomic mass is 32.2. The highest BCUT2D eigenvalue weighted by Crippen LogP contribution is 2.25. The van der Waals surface area contributed by atoms with Gasteiger partial charge in [0.25, 0.3) is 0 Å². The van der Waals surface area contributed by atoms with Gasteiger partial charge in [0.2, 0.25) is 9.84 Å². The Morgan fingerprint density at radius 1 is 1.12 bits per heavy atom. The van der Waals surface area contributed by atoms with Crippen LogP contribution < -0.4 is 11.1 Å². The van der Waals surface area contributed by atoms with E-state index in [4.69, 9.17) is 10.5 Å². The minimum Gasteiger partial charge on any atom is -0.444 e. The summed E-state index contributed by atoms with van der Waals surface area (Å²) in [5.74, 6) is 0. The molecule has 25 heavy (non-hydrogen) atoms. The molecule has 0 bridgehead atoms. The molecule has 0 saturated carbocycles. The van der Waals surface area contributed by atoms with Crippen LogP contribution in [0, 0.1) is 0 Å². The van der Waals surface area contributed by atoms with Gasteiger partial charge in [-0.2, -0.15) is 0 Å². The van der Waals surface area contributed by atoms with Crippen LogP contribution >= 0.6 is 0 Å². The maximum atomic E-state index is 12.9. The number of hydrogen-bond acceptors (Lipinski definition) is 5. The second kappa shape index (κ2) is 7.14. The topological polar surface area (TPSA) is 98.5 Å². The molecule has 0 atom stereocenters. The van der Waals surface area contributed by atoms with Gasteiger partial charge in [-0.1, -0.05) is 18.2 Å². The summed E-state index contributed by atoms with van der Waals surface area (Å²) in [6.45, 7) is 5.23. The number of carbonyl (C=O) groups is 1. The van der Waals surface area contributed by atoms with Crippen LogP contribution in [-0.2, 0) is 21.1 Å². The van der Waals surface area contributed by atoms with E-state index in [-0.39, 0.29) is 16.3 Å². The van der Waals surface area contributed by atoms with Gasteiger partial charge in [0.15, 0.2) is 0 Å². The van der Waals surface area contributed by atoms with Gasteiger partial charge in [0, 0.05) is 12.2 Å². The minimum atomic E-state index is -3.72. The van der Waals surface area contributed by atoms with Crippen molar-refractivity contribution in [3.05, 3.63) is 54.1 Å². The average Bonchev–Trinajstić information content (AvgIpc) is 2.52. The highest BCUT2D eigenvalue weighted by Gasteiger charge is 2.22. The van der Waals surface area contributed by atoms with Crippen LogP contribution in [0.15, 0.2) is 58.3 Å².